The van der Waals surface area contributed by atoms with Crippen LogP contribution in [0.5, 0.6) is 0 Å². The lowest BCUT2D eigenvalue weighted by atomic mass is 9.86. The summed E-state index contributed by atoms with van der Waals surface area (Å²) < 4.78 is 0.856. The number of hydrogen-bond acceptors (Lipinski definition) is 1. The van der Waals surface area contributed by atoms with Gasteiger partial charge in [0.15, 0.2) is 0 Å². The third-order valence-electron chi connectivity index (χ3n) is 4.18. The molecule has 0 saturated heterocycles. The third-order valence-corrected chi connectivity index (χ3v) is 4.87. The van der Waals surface area contributed by atoms with Crippen LogP contribution >= 0.6 is 15.9 Å². The van der Waals surface area contributed by atoms with E-state index in [9.17, 15) is 4.79 Å². The van der Waals surface area contributed by atoms with Crippen LogP contribution in [-0.2, 0) is 10.2 Å². The first-order valence-electron chi connectivity index (χ1n) is 8.08. The van der Waals surface area contributed by atoms with Gasteiger partial charge in [0.25, 0.3) is 0 Å². The fraction of sp³-hybridized carbons (Fsp3) is 0.190. The van der Waals surface area contributed by atoms with E-state index >= 15 is 0 Å². The van der Waals surface area contributed by atoms with Gasteiger partial charge in [0.05, 0.1) is 0 Å². The number of aliphatic carboxylic acids is 1. The zero-order valence-corrected chi connectivity index (χ0v) is 16.0. The minimum absolute atomic E-state index is 0.0971. The van der Waals surface area contributed by atoms with Crippen molar-refractivity contribution in [3.8, 4) is 11.3 Å². The Balaban J connectivity index is 2.06. The van der Waals surface area contributed by atoms with Gasteiger partial charge in [-0.15, -0.1) is 0 Å². The number of hydrogen-bond donors (Lipinski definition) is 2. The van der Waals surface area contributed by atoms with Crippen molar-refractivity contribution >= 4 is 38.9 Å². The molecule has 128 valence electrons. The smallest absolute Gasteiger partial charge is 0.328 e. The van der Waals surface area contributed by atoms with Crippen molar-refractivity contribution in [2.45, 2.75) is 26.2 Å². The van der Waals surface area contributed by atoms with Crippen molar-refractivity contribution in [1.29, 1.82) is 0 Å². The van der Waals surface area contributed by atoms with Crippen LogP contribution in [0.4, 0.5) is 0 Å². The number of benzene rings is 2. The van der Waals surface area contributed by atoms with E-state index in [0.29, 0.717) is 0 Å². The van der Waals surface area contributed by atoms with E-state index in [-0.39, 0.29) is 5.41 Å². The number of carboxylic acids is 1. The molecule has 0 saturated carbocycles. The highest BCUT2D eigenvalue weighted by Gasteiger charge is 2.14. The maximum absolute atomic E-state index is 10.7. The van der Waals surface area contributed by atoms with Gasteiger partial charge in [0.2, 0.25) is 0 Å². The minimum Gasteiger partial charge on any atom is -0.478 e. The molecule has 1 heterocycles. The van der Waals surface area contributed by atoms with Gasteiger partial charge in [-0.25, -0.2) is 4.79 Å². The molecule has 0 fully saturated rings. The molecule has 3 rings (SSSR count). The predicted octanol–water partition coefficient (Wildman–Crippen LogP) is 5.99. The van der Waals surface area contributed by atoms with Crippen molar-refractivity contribution < 1.29 is 9.90 Å². The highest BCUT2D eigenvalue weighted by atomic mass is 79.9. The van der Waals surface area contributed by atoms with Crippen molar-refractivity contribution in [3.05, 3.63) is 64.1 Å². The molecule has 2 aromatic carbocycles. The second-order valence-electron chi connectivity index (χ2n) is 7.15. The van der Waals surface area contributed by atoms with Gasteiger partial charge in [0.1, 0.15) is 0 Å². The monoisotopic (exact) mass is 397 g/mol. The van der Waals surface area contributed by atoms with Crippen LogP contribution in [-0.4, -0.2) is 16.1 Å². The molecule has 0 unspecified atom stereocenters. The summed E-state index contributed by atoms with van der Waals surface area (Å²) in [6, 6.07) is 14.6. The van der Waals surface area contributed by atoms with Crippen molar-refractivity contribution in [3.63, 3.8) is 0 Å². The van der Waals surface area contributed by atoms with Gasteiger partial charge in [0, 0.05) is 27.1 Å². The van der Waals surface area contributed by atoms with E-state index < -0.39 is 5.97 Å². The summed E-state index contributed by atoms with van der Waals surface area (Å²) in [5.41, 5.74) is 5.42. The molecule has 0 aliphatic heterocycles. The van der Waals surface area contributed by atoms with Gasteiger partial charge >= 0.3 is 5.97 Å². The normalized spacial score (nSPS) is 12.2. The maximum atomic E-state index is 10.7. The molecule has 0 radical (unpaired) electrons. The molecule has 0 atom stereocenters. The number of carboxylic acid groups (broad SMARTS) is 1. The summed E-state index contributed by atoms with van der Waals surface area (Å²) in [4.78, 5) is 14.2. The first-order valence-corrected chi connectivity index (χ1v) is 8.87. The average molecular weight is 398 g/mol. The molecular formula is C21H20BrNO2. The van der Waals surface area contributed by atoms with Gasteiger partial charge in [-0.05, 0) is 52.4 Å². The Labute approximate surface area is 155 Å². The maximum Gasteiger partial charge on any atom is 0.328 e. The zero-order chi connectivity index (χ0) is 18.2. The topological polar surface area (TPSA) is 53.1 Å². The van der Waals surface area contributed by atoms with Crippen molar-refractivity contribution in [2.24, 2.45) is 0 Å². The fourth-order valence-electron chi connectivity index (χ4n) is 2.77. The first kappa shape index (κ1) is 17.5. The van der Waals surface area contributed by atoms with Crippen LogP contribution < -0.4 is 0 Å². The van der Waals surface area contributed by atoms with Crippen LogP contribution in [0.1, 0.15) is 31.9 Å². The van der Waals surface area contributed by atoms with Crippen LogP contribution in [0.15, 0.2) is 53.0 Å². The van der Waals surface area contributed by atoms with E-state index in [1.807, 2.05) is 12.1 Å². The number of aromatic nitrogens is 1. The molecule has 0 amide bonds. The number of aromatic amines is 1. The Morgan fingerprint density at radius 3 is 2.60 bits per heavy atom. The highest BCUT2D eigenvalue weighted by molar-refractivity contribution is 9.10. The van der Waals surface area contributed by atoms with Crippen LogP contribution in [0.3, 0.4) is 0 Å². The summed E-state index contributed by atoms with van der Waals surface area (Å²) in [6.07, 6.45) is 2.74. The summed E-state index contributed by atoms with van der Waals surface area (Å²) in [5, 5.41) is 9.86. The molecule has 3 aromatic rings. The summed E-state index contributed by atoms with van der Waals surface area (Å²) in [7, 11) is 0. The largest absolute Gasteiger partial charge is 0.478 e. The second kappa shape index (κ2) is 6.52. The molecule has 4 heteroatoms. The first-order chi connectivity index (χ1) is 11.7. The molecule has 3 nitrogen and oxygen atoms in total. The van der Waals surface area contributed by atoms with Crippen LogP contribution in [0.25, 0.3) is 28.2 Å². The van der Waals surface area contributed by atoms with Gasteiger partial charge < -0.3 is 10.1 Å². The number of nitrogens with one attached hydrogen (secondary N) is 1. The van der Waals surface area contributed by atoms with E-state index in [0.717, 1.165) is 38.3 Å². The molecule has 2 N–H and O–H groups in total. The molecule has 0 aliphatic rings. The quantitative estimate of drug-likeness (QED) is 0.533. The minimum atomic E-state index is -0.958. The zero-order valence-electron chi connectivity index (χ0n) is 14.4. The lowest BCUT2D eigenvalue weighted by Gasteiger charge is -2.19. The van der Waals surface area contributed by atoms with Crippen LogP contribution in [0, 0.1) is 0 Å². The van der Waals surface area contributed by atoms with Crippen LogP contribution in [0.2, 0.25) is 0 Å². The van der Waals surface area contributed by atoms with Gasteiger partial charge in [-0.3, -0.25) is 0 Å². The Bertz CT molecular complexity index is 977. The number of H-pyrrole nitrogens is 1. The summed E-state index contributed by atoms with van der Waals surface area (Å²) >= 11 is 3.51. The third kappa shape index (κ3) is 3.85. The van der Waals surface area contributed by atoms with E-state index in [1.165, 1.54) is 5.56 Å². The molecule has 25 heavy (non-hydrogen) atoms. The SMILES string of the molecule is CC(C)(C)c1cccc(-c2cc3cc(/C=C/C(=O)O)c(Br)cc3[nH]2)c1. The molecule has 1 aromatic heterocycles. The average Bonchev–Trinajstić information content (AvgIpc) is 2.94. The molecular weight excluding hydrogens is 378 g/mol. The van der Waals surface area contributed by atoms with Gasteiger partial charge in [-0.2, -0.15) is 0 Å². The van der Waals surface area contributed by atoms with E-state index in [1.54, 1.807) is 6.08 Å². The molecule has 0 aliphatic carbocycles. The Morgan fingerprint density at radius 2 is 1.92 bits per heavy atom. The number of fused-ring (bicyclic) bond motifs is 1. The van der Waals surface area contributed by atoms with Crippen molar-refractivity contribution in [2.75, 3.05) is 0 Å². The Morgan fingerprint density at radius 1 is 1.16 bits per heavy atom. The standard InChI is InChI=1S/C21H20BrNO2/c1-21(2,3)16-6-4-5-14(10-16)18-11-15-9-13(7-8-20(24)25)17(22)12-19(15)23-18/h4-12,23H,1-3H3,(H,24,25)/b8-7+. The Hall–Kier alpha value is -2.33. The predicted molar refractivity (Wildman–Crippen MR) is 107 cm³/mol. The van der Waals surface area contributed by atoms with Gasteiger partial charge in [-0.1, -0.05) is 54.9 Å². The summed E-state index contributed by atoms with van der Waals surface area (Å²) in [5.74, 6) is -0.958. The molecule has 0 bridgehead atoms. The number of halogens is 1. The number of rotatable bonds is 3. The van der Waals surface area contributed by atoms with Crippen molar-refractivity contribution in [1.82, 2.24) is 4.98 Å². The summed E-state index contributed by atoms with van der Waals surface area (Å²) in [6.45, 7) is 6.61. The number of carbonyl (C=O) groups is 1. The van der Waals surface area contributed by atoms with E-state index in [4.69, 9.17) is 5.11 Å². The lowest BCUT2D eigenvalue weighted by Crippen LogP contribution is -2.10. The second-order valence-corrected chi connectivity index (χ2v) is 8.00. The van der Waals surface area contributed by atoms with E-state index in [2.05, 4.69) is 72.0 Å². The fourth-order valence-corrected chi connectivity index (χ4v) is 3.25. The molecule has 0 spiro atoms. The lowest BCUT2D eigenvalue weighted by molar-refractivity contribution is -0.131. The highest BCUT2D eigenvalue weighted by Crippen LogP contribution is 2.31. The Kier molecular flexibility index (Phi) is 4.56.